The van der Waals surface area contributed by atoms with Crippen LogP contribution in [0.15, 0.2) is 134 Å². The van der Waals surface area contributed by atoms with Gasteiger partial charge in [-0.3, -0.25) is 14.4 Å². The molecule has 0 saturated heterocycles. The van der Waals surface area contributed by atoms with E-state index in [0.29, 0.717) is 19.3 Å². The van der Waals surface area contributed by atoms with Crippen molar-refractivity contribution in [2.45, 2.75) is 252 Å². The van der Waals surface area contributed by atoms with E-state index >= 15 is 0 Å². The Morgan fingerprint density at radius 3 is 0.847 bits per heavy atom. The van der Waals surface area contributed by atoms with Crippen LogP contribution < -0.4 is 0 Å². The SMILES string of the molecule is CC/C=C\C/C=C\C/C=C\C/C=C\C/C=C\C/C=C\C/C=C\C/C=C\CCCCCCCCC(=O)OCC(COC(=O)CCCCCCCCCC)OC(=O)CCCCCCC/C=C\C/C=C\C/C=C\CC. The maximum atomic E-state index is 12.8. The van der Waals surface area contributed by atoms with Gasteiger partial charge < -0.3 is 14.2 Å². The van der Waals surface area contributed by atoms with Crippen molar-refractivity contribution in [3.63, 3.8) is 0 Å². The monoisotopic (exact) mass is 995 g/mol. The van der Waals surface area contributed by atoms with Gasteiger partial charge in [0.15, 0.2) is 6.10 Å². The molecule has 6 nitrogen and oxygen atoms in total. The Labute approximate surface area is 443 Å². The van der Waals surface area contributed by atoms with E-state index in [1.165, 1.54) is 44.9 Å². The molecule has 0 bridgehead atoms. The van der Waals surface area contributed by atoms with Crippen molar-refractivity contribution < 1.29 is 28.6 Å². The minimum atomic E-state index is -0.795. The predicted molar refractivity (Wildman–Crippen MR) is 311 cm³/mol. The van der Waals surface area contributed by atoms with Crippen LogP contribution in [-0.4, -0.2) is 37.2 Å². The Kier molecular flexibility index (Phi) is 55.5. The molecule has 0 radical (unpaired) electrons. The zero-order valence-corrected chi connectivity index (χ0v) is 46.4. The van der Waals surface area contributed by atoms with Gasteiger partial charge >= 0.3 is 17.9 Å². The van der Waals surface area contributed by atoms with E-state index in [1.807, 2.05) is 0 Å². The lowest BCUT2D eigenvalue weighted by molar-refractivity contribution is -0.167. The predicted octanol–water partition coefficient (Wildman–Crippen LogP) is 19.8. The van der Waals surface area contributed by atoms with E-state index in [1.54, 1.807) is 0 Å². The number of hydrogen-bond acceptors (Lipinski definition) is 6. The fourth-order valence-electron chi connectivity index (χ4n) is 7.59. The zero-order valence-electron chi connectivity index (χ0n) is 46.4. The van der Waals surface area contributed by atoms with Gasteiger partial charge in [-0.15, -0.1) is 0 Å². The van der Waals surface area contributed by atoms with Gasteiger partial charge in [0.05, 0.1) is 0 Å². The first kappa shape index (κ1) is 67.5. The number of ether oxygens (including phenoxy) is 3. The van der Waals surface area contributed by atoms with Crippen molar-refractivity contribution in [1.29, 1.82) is 0 Å². The maximum Gasteiger partial charge on any atom is 0.306 e. The van der Waals surface area contributed by atoms with Crippen LogP contribution in [0.4, 0.5) is 0 Å². The Morgan fingerprint density at radius 1 is 0.292 bits per heavy atom. The average molecular weight is 996 g/mol. The minimum absolute atomic E-state index is 0.0922. The van der Waals surface area contributed by atoms with Crippen LogP contribution in [0.3, 0.4) is 0 Å². The third-order valence-electron chi connectivity index (χ3n) is 11.9. The summed E-state index contributed by atoms with van der Waals surface area (Å²) in [6.45, 7) is 6.34. The van der Waals surface area contributed by atoms with Gasteiger partial charge in [-0.2, -0.15) is 0 Å². The van der Waals surface area contributed by atoms with Crippen molar-refractivity contribution in [1.82, 2.24) is 0 Å². The molecule has 0 saturated carbocycles. The van der Waals surface area contributed by atoms with E-state index in [-0.39, 0.29) is 31.1 Å². The molecule has 1 atom stereocenters. The average Bonchev–Trinajstić information content (AvgIpc) is 3.38. The van der Waals surface area contributed by atoms with E-state index in [4.69, 9.17) is 14.2 Å². The lowest BCUT2D eigenvalue weighted by Gasteiger charge is -2.18. The van der Waals surface area contributed by atoms with E-state index in [0.717, 1.165) is 161 Å². The highest BCUT2D eigenvalue weighted by Crippen LogP contribution is 2.14. The molecule has 72 heavy (non-hydrogen) atoms. The summed E-state index contributed by atoms with van der Waals surface area (Å²) in [7, 11) is 0. The molecule has 0 aliphatic carbocycles. The van der Waals surface area contributed by atoms with Gasteiger partial charge in [-0.25, -0.2) is 0 Å². The Bertz CT molecular complexity index is 1560. The van der Waals surface area contributed by atoms with Crippen LogP contribution in [0.1, 0.15) is 245 Å². The number of hydrogen-bond donors (Lipinski definition) is 0. The maximum absolute atomic E-state index is 12.8. The van der Waals surface area contributed by atoms with Crippen molar-refractivity contribution in [3.8, 4) is 0 Å². The highest BCUT2D eigenvalue weighted by atomic mass is 16.6. The zero-order chi connectivity index (χ0) is 52.2. The molecule has 0 aliphatic rings. The first-order valence-corrected chi connectivity index (χ1v) is 29.2. The van der Waals surface area contributed by atoms with Crippen LogP contribution in [0.2, 0.25) is 0 Å². The van der Waals surface area contributed by atoms with Gasteiger partial charge in [-0.1, -0.05) is 244 Å². The summed E-state index contributed by atoms with van der Waals surface area (Å²) in [5.41, 5.74) is 0. The number of allylic oxidation sites excluding steroid dienone is 22. The number of rotatable bonds is 51. The summed E-state index contributed by atoms with van der Waals surface area (Å²) in [6.07, 6.45) is 83.2. The molecule has 0 N–H and O–H groups in total. The lowest BCUT2D eigenvalue weighted by Crippen LogP contribution is -2.30. The standard InChI is InChI=1S/C66H106O6/c1-4-7-10-13-16-19-21-23-25-26-27-28-29-30-31-32-33-34-35-36-37-38-39-40-42-43-45-47-50-53-56-59-65(68)71-62-63(61-70-64(67)58-55-52-49-18-15-12-9-6-3)72-66(69)60-57-54-51-48-46-44-41-24-22-20-17-14-11-8-5-2/h7-8,10-11,16-17,19-20,23-25,27-28,30-31,33-34,36-37,39-41,63H,4-6,9,12-15,18,21-22,26,29,32,35,38,42-62H2,1-3H3/b10-7-,11-8-,19-16-,20-17-,25-23-,28-27-,31-30-,34-33-,37-36-,40-39-,41-24-. The second kappa shape index (κ2) is 59.1. The first-order chi connectivity index (χ1) is 35.5. The second-order valence-corrected chi connectivity index (χ2v) is 18.8. The molecule has 1 unspecified atom stereocenters. The first-order valence-electron chi connectivity index (χ1n) is 29.2. The molecular weight excluding hydrogens is 889 g/mol. The normalized spacial score (nSPS) is 13.1. The number of carbonyl (C=O) groups is 3. The Hall–Kier alpha value is -4.45. The van der Waals surface area contributed by atoms with Gasteiger partial charge in [0.1, 0.15) is 13.2 Å². The Balaban J connectivity index is 4.24. The third-order valence-corrected chi connectivity index (χ3v) is 11.9. The van der Waals surface area contributed by atoms with Crippen LogP contribution in [0.25, 0.3) is 0 Å². The molecule has 406 valence electrons. The van der Waals surface area contributed by atoms with Crippen LogP contribution in [0, 0.1) is 0 Å². The highest BCUT2D eigenvalue weighted by Gasteiger charge is 2.19. The smallest absolute Gasteiger partial charge is 0.306 e. The van der Waals surface area contributed by atoms with Crippen molar-refractivity contribution in [2.24, 2.45) is 0 Å². The van der Waals surface area contributed by atoms with Gasteiger partial charge in [-0.05, 0) is 116 Å². The molecule has 6 heteroatoms. The molecule has 0 amide bonds. The van der Waals surface area contributed by atoms with Crippen molar-refractivity contribution in [2.75, 3.05) is 13.2 Å². The lowest BCUT2D eigenvalue weighted by atomic mass is 10.1. The van der Waals surface area contributed by atoms with Crippen LogP contribution >= 0.6 is 0 Å². The number of esters is 3. The quantitative estimate of drug-likeness (QED) is 0.0261. The van der Waals surface area contributed by atoms with E-state index < -0.39 is 6.10 Å². The largest absolute Gasteiger partial charge is 0.462 e. The van der Waals surface area contributed by atoms with E-state index in [2.05, 4.69) is 154 Å². The van der Waals surface area contributed by atoms with Crippen molar-refractivity contribution >= 4 is 17.9 Å². The molecule has 0 spiro atoms. The highest BCUT2D eigenvalue weighted by molar-refractivity contribution is 5.71. The summed E-state index contributed by atoms with van der Waals surface area (Å²) in [5.74, 6) is -0.934. The van der Waals surface area contributed by atoms with E-state index in [9.17, 15) is 14.4 Å². The Morgan fingerprint density at radius 2 is 0.542 bits per heavy atom. The van der Waals surface area contributed by atoms with Crippen LogP contribution in [-0.2, 0) is 28.6 Å². The summed E-state index contributed by atoms with van der Waals surface area (Å²) >= 11 is 0. The van der Waals surface area contributed by atoms with Gasteiger partial charge in [0.25, 0.3) is 0 Å². The molecule has 0 aromatic heterocycles. The molecule has 0 aromatic carbocycles. The summed E-state index contributed by atoms with van der Waals surface area (Å²) in [4.78, 5) is 38.0. The topological polar surface area (TPSA) is 78.9 Å². The van der Waals surface area contributed by atoms with Gasteiger partial charge in [0, 0.05) is 19.3 Å². The van der Waals surface area contributed by atoms with Crippen molar-refractivity contribution in [3.05, 3.63) is 134 Å². The number of carbonyl (C=O) groups excluding carboxylic acids is 3. The van der Waals surface area contributed by atoms with Crippen LogP contribution in [0.5, 0.6) is 0 Å². The second-order valence-electron chi connectivity index (χ2n) is 18.8. The minimum Gasteiger partial charge on any atom is -0.462 e. The fraction of sp³-hybridized carbons (Fsp3) is 0.621. The fourth-order valence-corrected chi connectivity index (χ4v) is 7.59. The molecule has 0 fully saturated rings. The molecule has 0 aromatic rings. The number of unbranched alkanes of at least 4 members (excludes halogenated alkanes) is 18. The summed E-state index contributed by atoms with van der Waals surface area (Å²) in [6, 6.07) is 0. The third kappa shape index (κ3) is 56.5. The molecule has 0 heterocycles. The summed E-state index contributed by atoms with van der Waals surface area (Å²) < 4.78 is 16.8. The molecule has 0 rings (SSSR count). The molecule has 0 aliphatic heterocycles. The van der Waals surface area contributed by atoms with Gasteiger partial charge in [0.2, 0.25) is 0 Å². The summed E-state index contributed by atoms with van der Waals surface area (Å²) in [5, 5.41) is 0. The molecular formula is C66H106O6.